The van der Waals surface area contributed by atoms with E-state index in [9.17, 15) is 48.0 Å². The van der Waals surface area contributed by atoms with Gasteiger partial charge in [0.1, 0.15) is 36.7 Å². The minimum atomic E-state index is -5.08. The van der Waals surface area contributed by atoms with Crippen molar-refractivity contribution >= 4 is 57.6 Å². The summed E-state index contributed by atoms with van der Waals surface area (Å²) in [6.45, 7) is -1.64. The molecular weight excluding hydrogens is 729 g/mol. The molecule has 7 heterocycles. The van der Waals surface area contributed by atoms with E-state index in [-0.39, 0.29) is 34.7 Å². The minimum absolute atomic E-state index is 0.123. The Hall–Kier alpha value is -3.45. The summed E-state index contributed by atoms with van der Waals surface area (Å²) >= 11 is 0. The summed E-state index contributed by atoms with van der Waals surface area (Å²) < 4.78 is 72.4. The fourth-order valence-corrected chi connectivity index (χ4v) is 7.83. The summed E-state index contributed by atoms with van der Waals surface area (Å²) in [6, 6.07) is 0. The zero-order chi connectivity index (χ0) is 35.0. The number of H-pyrrole nitrogens is 2. The van der Waals surface area contributed by atoms with Gasteiger partial charge in [-0.25, -0.2) is 23.7 Å². The van der Waals surface area contributed by atoms with E-state index in [0.29, 0.717) is 0 Å². The van der Waals surface area contributed by atoms with Crippen molar-refractivity contribution < 1.29 is 65.9 Å². The Bertz CT molecular complexity index is 2200. The maximum absolute atomic E-state index is 13.1. The molecule has 9 atom stereocenters. The number of ether oxygens (including phenoxy) is 2. The minimum Gasteiger partial charge on any atom is -0.386 e. The first-order valence-corrected chi connectivity index (χ1v) is 18.4. The third-order valence-corrected chi connectivity index (χ3v) is 10.0. The van der Waals surface area contributed by atoms with E-state index in [1.165, 1.54) is 0 Å². The number of aromatic nitrogens is 8. The molecule has 4 aromatic rings. The molecule has 3 aliphatic rings. The van der Waals surface area contributed by atoms with Crippen LogP contribution in [0.4, 0.5) is 11.9 Å². The molecule has 26 nitrogen and oxygen atoms in total. The van der Waals surface area contributed by atoms with Gasteiger partial charge in [0.25, 0.3) is 11.1 Å². The van der Waals surface area contributed by atoms with Crippen molar-refractivity contribution in [2.75, 3.05) is 24.0 Å². The first-order valence-electron chi connectivity index (χ1n) is 13.8. The van der Waals surface area contributed by atoms with Gasteiger partial charge >= 0.3 is 23.4 Å². The molecule has 3 unspecified atom stereocenters. The van der Waals surface area contributed by atoms with E-state index in [1.54, 1.807) is 5.09 Å². The lowest BCUT2D eigenvalue weighted by Crippen LogP contribution is -2.37. The van der Waals surface area contributed by atoms with Crippen molar-refractivity contribution in [2.24, 2.45) is 0 Å². The van der Waals surface area contributed by atoms with Gasteiger partial charge in [0, 0.05) is 6.42 Å². The van der Waals surface area contributed by atoms with Crippen molar-refractivity contribution in [3.63, 3.8) is 0 Å². The molecule has 49 heavy (non-hydrogen) atoms. The Labute approximate surface area is 269 Å². The number of rotatable bonds is 4. The number of imidazole rings is 2. The van der Waals surface area contributed by atoms with Crippen molar-refractivity contribution in [3.05, 3.63) is 33.4 Å². The molecule has 3 saturated heterocycles. The van der Waals surface area contributed by atoms with E-state index in [0.717, 1.165) is 21.8 Å². The largest absolute Gasteiger partial charge is 0.472 e. The number of aliphatic hydroxyl groups excluding tert-OH is 1. The molecule has 7 rings (SSSR count). The first-order chi connectivity index (χ1) is 23.0. The highest BCUT2D eigenvalue weighted by atomic mass is 31.2. The number of nitrogens with one attached hydrogen (secondary N) is 3. The highest BCUT2D eigenvalue weighted by Gasteiger charge is 2.52. The monoisotopic (exact) mass is 754 g/mol. The third kappa shape index (κ3) is 6.72. The predicted molar refractivity (Wildman–Crippen MR) is 156 cm³/mol. The van der Waals surface area contributed by atoms with Gasteiger partial charge in [0.15, 0.2) is 28.6 Å². The molecule has 0 bridgehead atoms. The number of nitrogens with zero attached hydrogens (tertiary/aromatic N) is 6. The quantitative estimate of drug-likeness (QED) is 0.101. The van der Waals surface area contributed by atoms with Crippen LogP contribution in [0.5, 0.6) is 0 Å². The second-order valence-electron chi connectivity index (χ2n) is 10.8. The molecule has 4 aromatic heterocycles. The Kier molecular flexibility index (Phi) is 8.40. The van der Waals surface area contributed by atoms with E-state index >= 15 is 0 Å². The van der Waals surface area contributed by atoms with Crippen LogP contribution in [0, 0.1) is 0 Å². The van der Waals surface area contributed by atoms with E-state index < -0.39 is 96.6 Å². The fraction of sp³-hybridized carbons (Fsp3) is 0.500. The Morgan fingerprint density at radius 2 is 1.51 bits per heavy atom. The molecule has 0 radical (unpaired) electrons. The van der Waals surface area contributed by atoms with Crippen LogP contribution in [-0.2, 0) is 41.3 Å². The van der Waals surface area contributed by atoms with Gasteiger partial charge in [-0.1, -0.05) is 0 Å². The summed E-state index contributed by atoms with van der Waals surface area (Å²) in [5, 5.41) is 12.9. The van der Waals surface area contributed by atoms with E-state index in [4.69, 9.17) is 33.3 Å². The molecule has 0 spiro atoms. The molecule has 0 saturated carbocycles. The fourth-order valence-electron chi connectivity index (χ4n) is 5.52. The number of hydrogen-bond acceptors (Lipinski definition) is 17. The first kappa shape index (κ1) is 34.0. The number of nitrogen functional groups attached to an aromatic ring is 1. The number of hydrogen-bond donors (Lipinski definition) is 9. The number of aliphatic hydroxyl groups is 1. The van der Waals surface area contributed by atoms with Crippen LogP contribution >= 0.6 is 23.4 Å². The van der Waals surface area contributed by atoms with Gasteiger partial charge in [0.2, 0.25) is 11.9 Å². The molecule has 3 fully saturated rings. The number of anilines is 2. The zero-order valence-electron chi connectivity index (χ0n) is 24.1. The summed E-state index contributed by atoms with van der Waals surface area (Å²) in [5.74, 6) is -0.886. The van der Waals surface area contributed by atoms with Crippen LogP contribution in [0.2, 0.25) is 0 Å². The number of fused-ring (bicyclic) bond motifs is 4. The van der Waals surface area contributed by atoms with Crippen LogP contribution in [0.15, 0.2) is 22.2 Å². The predicted octanol–water partition coefficient (Wildman–Crippen LogP) is -2.10. The number of phosphoric ester groups is 2. The lowest BCUT2D eigenvalue weighted by Gasteiger charge is -2.27. The average molecular weight is 754 g/mol. The number of phosphoric acid groups is 2. The van der Waals surface area contributed by atoms with Crippen molar-refractivity contribution in [3.8, 4) is 0 Å². The Balaban J connectivity index is 1.15. The third-order valence-electron chi connectivity index (χ3n) is 7.54. The van der Waals surface area contributed by atoms with E-state index in [1.807, 2.05) is 0 Å². The maximum atomic E-state index is 13.1. The lowest BCUT2D eigenvalue weighted by atomic mass is 10.1. The van der Waals surface area contributed by atoms with Crippen LogP contribution < -0.4 is 21.9 Å². The molecule has 0 aliphatic carbocycles. The second kappa shape index (κ2) is 12.1. The molecule has 10 N–H and O–H groups in total. The Morgan fingerprint density at radius 1 is 0.898 bits per heavy atom. The zero-order valence-corrected chi connectivity index (χ0v) is 26.8. The van der Waals surface area contributed by atoms with Gasteiger partial charge in [-0.3, -0.25) is 51.9 Å². The molecule has 0 amide bonds. The topological polar surface area (TPSA) is 373 Å². The SMILES string of the molecule is Nc1nc2c(ncn2[C@@H]2O[C@@H]3COP(=O)(O)O[C@@H]4C[C@H](n5cnc6c(=O)[nH]c(NP(=O)(O)O)nc65)O[C@@H]4COP(=O)(O)O[C@@H]3C2O)c(=O)[nH]1. The van der Waals surface area contributed by atoms with Crippen LogP contribution in [0.3, 0.4) is 0 Å². The summed E-state index contributed by atoms with van der Waals surface area (Å²) in [7, 11) is -15.0. The normalized spacial score (nSPS) is 34.3. The van der Waals surface area contributed by atoms with Crippen LogP contribution in [0.1, 0.15) is 18.9 Å². The van der Waals surface area contributed by atoms with Crippen LogP contribution in [-0.4, -0.2) is 107 Å². The average Bonchev–Trinajstić information content (AvgIpc) is 3.75. The van der Waals surface area contributed by atoms with Crippen molar-refractivity contribution in [1.29, 1.82) is 0 Å². The van der Waals surface area contributed by atoms with Crippen molar-refractivity contribution in [1.82, 2.24) is 39.0 Å². The van der Waals surface area contributed by atoms with Gasteiger partial charge < -0.3 is 39.9 Å². The smallest absolute Gasteiger partial charge is 0.386 e. The highest BCUT2D eigenvalue weighted by molar-refractivity contribution is 7.53. The molecule has 266 valence electrons. The van der Waals surface area contributed by atoms with Gasteiger partial charge in [-0.2, -0.15) is 9.97 Å². The van der Waals surface area contributed by atoms with E-state index in [2.05, 4.69) is 29.9 Å². The van der Waals surface area contributed by atoms with Gasteiger partial charge in [0.05, 0.1) is 25.9 Å². The Morgan fingerprint density at radius 3 is 2.20 bits per heavy atom. The number of aromatic amines is 2. The summed E-state index contributed by atoms with van der Waals surface area (Å²) in [6.07, 6.45) is -8.55. The summed E-state index contributed by atoms with van der Waals surface area (Å²) in [5.41, 5.74) is 3.28. The van der Waals surface area contributed by atoms with Gasteiger partial charge in [-0.15, -0.1) is 0 Å². The molecule has 29 heteroatoms. The van der Waals surface area contributed by atoms with Crippen molar-refractivity contribution in [2.45, 2.75) is 49.4 Å². The van der Waals surface area contributed by atoms with Gasteiger partial charge in [-0.05, 0) is 0 Å². The maximum Gasteiger partial charge on any atom is 0.472 e. The molecule has 0 aromatic carbocycles. The molecular formula is C20H25N10O16P3. The molecule has 3 aliphatic heterocycles. The number of nitrogens with two attached hydrogens (primary N) is 1. The van der Waals surface area contributed by atoms with Crippen LogP contribution in [0.25, 0.3) is 22.3 Å². The highest BCUT2D eigenvalue weighted by Crippen LogP contribution is 2.53. The second-order valence-corrected chi connectivity index (χ2v) is 15.0. The lowest BCUT2D eigenvalue weighted by molar-refractivity contribution is -0.0662. The summed E-state index contributed by atoms with van der Waals surface area (Å²) in [4.78, 5) is 84.6. The standard InChI is InChI=1S/C20H25N10O16P3/c21-19-24-14-10(16(32)26-19)23-5-30(14)18-12(31)13-8(44-18)3-42-48(37,38)45-6-1-9(43-7(6)2-41-49(39,40)46-13)29-4-22-11-15(29)25-20(27-17(11)33)28-47(34,35)36/h4-9,12-13,18,31H,1-3H2,(H,37,38)(H,39,40)(H3,21,24,26,32)(H4,25,27,28,33,34,35,36)/t6-,7-,8-,9-,12?,13+,18-/m1/s1.